The molecule has 0 atom stereocenters. The van der Waals surface area contributed by atoms with E-state index in [1.165, 1.54) is 77.5 Å². The van der Waals surface area contributed by atoms with Crippen LogP contribution in [0.4, 0.5) is 34.1 Å². The van der Waals surface area contributed by atoms with E-state index in [4.69, 9.17) is 37.0 Å². The van der Waals surface area contributed by atoms with Gasteiger partial charge >= 0.3 is 0 Å². The molecule has 0 bridgehead atoms. The molecule has 0 aliphatic heterocycles. The normalized spacial score (nSPS) is 14.8. The second-order valence-electron chi connectivity index (χ2n) is 40.8. The lowest BCUT2D eigenvalue weighted by Crippen LogP contribution is -2.43. The first-order chi connectivity index (χ1) is 67.5. The van der Waals surface area contributed by atoms with Gasteiger partial charge < -0.3 is 31.9 Å². The van der Waals surface area contributed by atoms with Gasteiger partial charge in [0, 0.05) is 111 Å². The molecular formula is C129H101N5O5. The number of aromatic nitrogens is 3. The minimum Gasteiger partial charge on any atom is -0.456 e. The first-order valence-corrected chi connectivity index (χ1v) is 48.3. The van der Waals surface area contributed by atoms with Gasteiger partial charge in [-0.25, -0.2) is 15.0 Å². The van der Waals surface area contributed by atoms with Gasteiger partial charge in [0.05, 0.1) is 11.4 Å². The zero-order valence-electron chi connectivity index (χ0n) is 79.8. The molecule has 672 valence electrons. The van der Waals surface area contributed by atoms with Crippen LogP contribution in [0.1, 0.15) is 116 Å². The summed E-state index contributed by atoms with van der Waals surface area (Å²) in [5.41, 5.74) is 35.7. The van der Waals surface area contributed by atoms with Crippen LogP contribution in [0, 0.1) is 0 Å². The number of rotatable bonds is 10. The molecule has 0 saturated heterocycles. The van der Waals surface area contributed by atoms with Crippen LogP contribution in [0.5, 0.6) is 0 Å². The third-order valence-corrected chi connectivity index (χ3v) is 32.1. The Balaban J connectivity index is 0.000000110. The SMILES string of the molecule is CC1(C)c2ccccc2-c2c(ccc3c2oc2c(N(c4ccccc4)c4ccc5c(c4)oc4ccccc45)cccc23)C1(C)C.CC1(C)c2ccccc2-c2c(ccc3oc4ccc(-c5cccc(-c6nc(-c7ccccc7)nc(-c7ccccc7)n6)c5)cc4c23)C1(C)C.CC1(C)c2ccccc2-c2c(ccc3oc4ccc(N(c5ccccc5)c5ccc6c(c5)oc5ccccc56)cc4c23)C1(C)C. The van der Waals surface area contributed by atoms with Crippen LogP contribution in [0.3, 0.4) is 0 Å². The Morgan fingerprint density at radius 1 is 0.187 bits per heavy atom. The Kier molecular flexibility index (Phi) is 19.2. The molecule has 24 aromatic rings. The number of para-hydroxylation sites is 5. The number of benzene rings is 18. The van der Waals surface area contributed by atoms with Crippen LogP contribution in [0.2, 0.25) is 0 Å². The Morgan fingerprint density at radius 2 is 0.518 bits per heavy atom. The largest absolute Gasteiger partial charge is 0.456 e. The zero-order chi connectivity index (χ0) is 94.3. The smallest absolute Gasteiger partial charge is 0.164 e. The molecule has 0 unspecified atom stereocenters. The summed E-state index contributed by atoms with van der Waals surface area (Å²) in [6.07, 6.45) is 0. The number of hydrogen-bond donors (Lipinski definition) is 0. The Labute approximate surface area is 807 Å². The van der Waals surface area contributed by atoms with E-state index in [1.807, 2.05) is 84.9 Å². The Morgan fingerprint density at radius 3 is 1.04 bits per heavy atom. The molecule has 0 N–H and O–H groups in total. The summed E-state index contributed by atoms with van der Waals surface area (Å²) in [4.78, 5) is 19.4. The zero-order valence-corrected chi connectivity index (χ0v) is 79.8. The van der Waals surface area contributed by atoms with Crippen LogP contribution in [0.15, 0.2) is 416 Å². The predicted molar refractivity (Wildman–Crippen MR) is 575 cm³/mol. The van der Waals surface area contributed by atoms with E-state index in [0.717, 1.165) is 161 Å². The van der Waals surface area contributed by atoms with E-state index >= 15 is 0 Å². The maximum absolute atomic E-state index is 7.09. The van der Waals surface area contributed by atoms with E-state index in [0.29, 0.717) is 17.5 Å². The molecule has 6 aromatic heterocycles. The molecule has 10 nitrogen and oxygen atoms in total. The molecule has 139 heavy (non-hydrogen) atoms. The topological polar surface area (TPSA) is 111 Å². The fraction of sp³-hybridized carbons (Fsp3) is 0.140. The summed E-state index contributed by atoms with van der Waals surface area (Å²) in [7, 11) is 0. The van der Waals surface area contributed by atoms with Gasteiger partial charge in [-0.2, -0.15) is 0 Å². The molecule has 0 saturated carbocycles. The second kappa shape index (κ2) is 31.6. The summed E-state index contributed by atoms with van der Waals surface area (Å²) in [5.74, 6) is 1.94. The van der Waals surface area contributed by atoms with Crippen LogP contribution in [0.25, 0.3) is 188 Å². The Bertz CT molecular complexity index is 9040. The minimum absolute atomic E-state index is 0.0334. The lowest BCUT2D eigenvalue weighted by Gasteiger charge is -2.48. The Hall–Kier alpha value is -16.4. The van der Waals surface area contributed by atoms with Gasteiger partial charge in [-0.1, -0.05) is 350 Å². The van der Waals surface area contributed by atoms with Crippen molar-refractivity contribution in [2.75, 3.05) is 9.80 Å². The molecule has 3 aliphatic carbocycles. The molecular weight excluding hydrogens is 1700 g/mol. The van der Waals surface area contributed by atoms with Crippen molar-refractivity contribution in [2.24, 2.45) is 0 Å². The summed E-state index contributed by atoms with van der Waals surface area (Å²) in [5, 5.41) is 11.3. The molecule has 0 fully saturated rings. The maximum atomic E-state index is 7.09. The lowest BCUT2D eigenvalue weighted by molar-refractivity contribution is 0.299. The summed E-state index contributed by atoms with van der Waals surface area (Å²) in [6, 6.07) is 139. The van der Waals surface area contributed by atoms with Gasteiger partial charge in [0.1, 0.15) is 50.2 Å². The number of hydrogen-bond acceptors (Lipinski definition) is 10. The molecule has 27 rings (SSSR count). The molecule has 0 amide bonds. The monoisotopic (exact) mass is 1800 g/mol. The standard InChI is InChI=1S/C45H35N3O.2C42H33NO2/c1-44(2)35-21-12-11-20-33(35)39-36(45(44,3)4)23-25-38-40(39)34-27-31(22-24-37(34)49-38)30-18-13-19-32(26-30)43-47-41(28-14-7-5-8-15-28)46-42(48-43)29-16-9-6-10-17-29;1-41(2)33-18-10-8-16-32(33)38-34(42(41,3)4)24-23-31-30-17-12-19-35(39(30)45-40(31)38)43(26-13-6-5-7-14-26)27-21-22-29-28-15-9-11-20-36(28)44-37(29)25-27;1-41(2)33-16-10-8-15-31(33)39-34(42(41,3)4)21-23-37-40(39)32-24-27(19-22-36(32)44-37)43(26-12-6-5-7-13-26)28-18-20-30-29-14-9-11-17-35(29)45-38(30)25-28/h5-27H,1-4H3;2*5-25H,1-4H3. The number of fused-ring (bicyclic) bond motifs is 27. The third-order valence-electron chi connectivity index (χ3n) is 32.1. The number of nitrogens with zero attached hydrogens (tertiary/aromatic N) is 5. The first kappa shape index (κ1) is 84.3. The van der Waals surface area contributed by atoms with Crippen molar-refractivity contribution < 1.29 is 22.1 Å². The highest BCUT2D eigenvalue weighted by Crippen LogP contribution is 2.61. The van der Waals surface area contributed by atoms with E-state index in [1.54, 1.807) is 0 Å². The van der Waals surface area contributed by atoms with Crippen LogP contribution in [-0.2, 0) is 32.5 Å². The highest BCUT2D eigenvalue weighted by Gasteiger charge is 2.50. The highest BCUT2D eigenvalue weighted by molar-refractivity contribution is 6.19. The molecule has 18 aromatic carbocycles. The van der Waals surface area contributed by atoms with Crippen LogP contribution >= 0.6 is 0 Å². The van der Waals surface area contributed by atoms with Crippen LogP contribution in [-0.4, -0.2) is 15.0 Å². The van der Waals surface area contributed by atoms with Crippen molar-refractivity contribution in [3.05, 3.63) is 428 Å². The first-order valence-electron chi connectivity index (χ1n) is 48.3. The quantitative estimate of drug-likeness (QED) is 0.131. The van der Waals surface area contributed by atoms with Gasteiger partial charge in [0.15, 0.2) is 23.1 Å². The second-order valence-corrected chi connectivity index (χ2v) is 40.8. The molecule has 6 heterocycles. The van der Waals surface area contributed by atoms with Gasteiger partial charge in [-0.05, 0) is 220 Å². The summed E-state index contributed by atoms with van der Waals surface area (Å²) < 4.78 is 32.8. The van der Waals surface area contributed by atoms with Crippen LogP contribution < -0.4 is 9.80 Å². The molecule has 0 spiro atoms. The van der Waals surface area contributed by atoms with Crippen molar-refractivity contribution in [1.29, 1.82) is 0 Å². The minimum atomic E-state index is -0.0925. The average Bonchev–Trinajstić information content (AvgIpc) is 1.68. The van der Waals surface area contributed by atoms with Gasteiger partial charge in [-0.15, -0.1) is 0 Å². The number of furan rings is 5. The third kappa shape index (κ3) is 13.1. The fourth-order valence-electron chi connectivity index (χ4n) is 22.7. The van der Waals surface area contributed by atoms with E-state index in [-0.39, 0.29) is 32.5 Å². The summed E-state index contributed by atoms with van der Waals surface area (Å²) in [6.45, 7) is 28.5. The lowest BCUT2D eigenvalue weighted by atomic mass is 9.55. The maximum Gasteiger partial charge on any atom is 0.164 e. The van der Waals surface area contributed by atoms with E-state index < -0.39 is 0 Å². The van der Waals surface area contributed by atoms with Crippen molar-refractivity contribution in [3.8, 4) is 78.7 Å². The van der Waals surface area contributed by atoms with Crippen molar-refractivity contribution in [1.82, 2.24) is 15.0 Å². The van der Waals surface area contributed by atoms with Gasteiger partial charge in [0.2, 0.25) is 0 Å². The van der Waals surface area contributed by atoms with E-state index in [2.05, 4.69) is 402 Å². The fourth-order valence-corrected chi connectivity index (χ4v) is 22.7. The molecule has 3 aliphatic rings. The predicted octanol–water partition coefficient (Wildman–Crippen LogP) is 36.1. The average molecular weight is 1800 g/mol. The van der Waals surface area contributed by atoms with Gasteiger partial charge in [-0.3, -0.25) is 0 Å². The number of anilines is 6. The van der Waals surface area contributed by atoms with Crippen molar-refractivity contribution >= 4 is 144 Å². The molecule has 10 heteroatoms. The molecule has 0 radical (unpaired) electrons. The summed E-state index contributed by atoms with van der Waals surface area (Å²) >= 11 is 0. The van der Waals surface area contributed by atoms with E-state index in [9.17, 15) is 0 Å². The van der Waals surface area contributed by atoms with Crippen molar-refractivity contribution in [2.45, 2.75) is 116 Å². The highest BCUT2D eigenvalue weighted by atomic mass is 16.3. The van der Waals surface area contributed by atoms with Crippen molar-refractivity contribution in [3.63, 3.8) is 0 Å². The van der Waals surface area contributed by atoms with Gasteiger partial charge in [0.25, 0.3) is 0 Å².